The molecule has 2 aromatic rings. The summed E-state index contributed by atoms with van der Waals surface area (Å²) in [4.78, 5) is 0.188. The second kappa shape index (κ2) is 6.57. The van der Waals surface area contributed by atoms with E-state index >= 15 is 0 Å². The molecule has 2 rings (SSSR count). The third-order valence-electron chi connectivity index (χ3n) is 2.88. The number of halogens is 3. The molecular formula is C14H12BrCl2NO2S. The third-order valence-corrected chi connectivity index (χ3v) is 6.28. The maximum Gasteiger partial charge on any atom is 0.264 e. The van der Waals surface area contributed by atoms with Crippen molar-refractivity contribution in [3.63, 3.8) is 0 Å². The lowest BCUT2D eigenvalue weighted by Crippen LogP contribution is -2.30. The monoisotopic (exact) mass is 407 g/mol. The molecule has 0 aliphatic rings. The Kier molecular flexibility index (Phi) is 5.20. The van der Waals surface area contributed by atoms with Crippen LogP contribution < -0.4 is 4.31 Å². The van der Waals surface area contributed by atoms with Crippen molar-refractivity contribution in [3.8, 4) is 0 Å². The summed E-state index contributed by atoms with van der Waals surface area (Å²) in [7, 11) is -3.65. The van der Waals surface area contributed by atoms with E-state index in [-0.39, 0.29) is 4.90 Å². The first kappa shape index (κ1) is 16.6. The van der Waals surface area contributed by atoms with Gasteiger partial charge in [-0.15, -0.1) is 0 Å². The van der Waals surface area contributed by atoms with Gasteiger partial charge >= 0.3 is 0 Å². The van der Waals surface area contributed by atoms with Crippen LogP contribution in [0.25, 0.3) is 0 Å². The summed E-state index contributed by atoms with van der Waals surface area (Å²) in [6, 6.07) is 11.1. The fourth-order valence-corrected chi connectivity index (χ4v) is 3.88. The largest absolute Gasteiger partial charge is 0.267 e. The van der Waals surface area contributed by atoms with Crippen LogP contribution in [0.5, 0.6) is 0 Å². The quantitative estimate of drug-likeness (QED) is 0.715. The fourth-order valence-electron chi connectivity index (χ4n) is 1.87. The molecule has 7 heteroatoms. The molecule has 0 saturated heterocycles. The first-order valence-electron chi connectivity index (χ1n) is 6.09. The number of hydrogen-bond acceptors (Lipinski definition) is 2. The van der Waals surface area contributed by atoms with Crippen molar-refractivity contribution in [3.05, 3.63) is 57.0 Å². The molecule has 2 aromatic carbocycles. The maximum absolute atomic E-state index is 12.7. The zero-order chi connectivity index (χ0) is 15.6. The van der Waals surface area contributed by atoms with Crippen LogP contribution in [0, 0.1) is 0 Å². The number of benzene rings is 2. The van der Waals surface area contributed by atoms with E-state index in [1.807, 2.05) is 0 Å². The molecule has 0 aromatic heterocycles. The zero-order valence-electron chi connectivity index (χ0n) is 11.1. The molecule has 0 unspecified atom stereocenters. The van der Waals surface area contributed by atoms with E-state index in [2.05, 4.69) is 15.9 Å². The second-order valence-corrected chi connectivity index (χ2v) is 7.78. The number of anilines is 1. The van der Waals surface area contributed by atoms with Gasteiger partial charge in [0.15, 0.2) is 0 Å². The normalized spacial score (nSPS) is 11.4. The molecule has 0 spiro atoms. The summed E-state index contributed by atoms with van der Waals surface area (Å²) in [5.41, 5.74) is 0.514. The van der Waals surface area contributed by atoms with E-state index in [4.69, 9.17) is 23.2 Å². The number of rotatable bonds is 4. The van der Waals surface area contributed by atoms with Crippen molar-refractivity contribution in [2.75, 3.05) is 10.8 Å². The molecule has 0 aliphatic carbocycles. The minimum Gasteiger partial charge on any atom is -0.267 e. The Labute approximate surface area is 142 Å². The van der Waals surface area contributed by atoms with Crippen molar-refractivity contribution in [2.24, 2.45) is 0 Å². The molecule has 112 valence electrons. The molecule has 0 N–H and O–H groups in total. The summed E-state index contributed by atoms with van der Waals surface area (Å²) in [5.74, 6) is 0. The second-order valence-electron chi connectivity index (χ2n) is 4.22. The highest BCUT2D eigenvalue weighted by molar-refractivity contribution is 9.10. The topological polar surface area (TPSA) is 37.4 Å². The predicted molar refractivity (Wildman–Crippen MR) is 90.8 cm³/mol. The van der Waals surface area contributed by atoms with Gasteiger partial charge in [-0.05, 0) is 65.3 Å². The van der Waals surface area contributed by atoms with Gasteiger partial charge in [0.05, 0.1) is 15.6 Å². The summed E-state index contributed by atoms with van der Waals surface area (Å²) in [5, 5.41) is 0.945. The Balaban J connectivity index is 2.48. The van der Waals surface area contributed by atoms with Crippen molar-refractivity contribution >= 4 is 54.8 Å². The van der Waals surface area contributed by atoms with E-state index in [9.17, 15) is 8.42 Å². The molecule has 0 fully saturated rings. The highest BCUT2D eigenvalue weighted by atomic mass is 79.9. The van der Waals surface area contributed by atoms with Crippen molar-refractivity contribution < 1.29 is 8.42 Å². The molecule has 0 aliphatic heterocycles. The summed E-state index contributed by atoms with van der Waals surface area (Å²) in [6.45, 7) is 2.06. The van der Waals surface area contributed by atoms with Crippen LogP contribution in [0.15, 0.2) is 51.8 Å². The molecular weight excluding hydrogens is 397 g/mol. The minimum absolute atomic E-state index is 0.188. The first-order chi connectivity index (χ1) is 9.86. The molecule has 3 nitrogen and oxygen atoms in total. The van der Waals surface area contributed by atoms with Crippen molar-refractivity contribution in [2.45, 2.75) is 11.8 Å². The molecule has 0 saturated carbocycles. The average molecular weight is 409 g/mol. The molecule has 0 radical (unpaired) electrons. The average Bonchev–Trinajstić information content (AvgIpc) is 2.44. The van der Waals surface area contributed by atoms with Gasteiger partial charge in [-0.1, -0.05) is 23.2 Å². The number of hydrogen-bond donors (Lipinski definition) is 0. The molecule has 0 atom stereocenters. The Bertz CT molecular complexity index is 748. The third kappa shape index (κ3) is 3.54. The number of nitrogens with zero attached hydrogens (tertiary/aromatic N) is 1. The fraction of sp³-hybridized carbons (Fsp3) is 0.143. The summed E-state index contributed by atoms with van der Waals surface area (Å²) in [6.07, 6.45) is 0. The van der Waals surface area contributed by atoms with Gasteiger partial charge < -0.3 is 0 Å². The van der Waals surface area contributed by atoms with Crippen LogP contribution in [-0.4, -0.2) is 15.0 Å². The summed E-state index contributed by atoms with van der Waals surface area (Å²) < 4.78 is 27.4. The van der Waals surface area contributed by atoms with Gasteiger partial charge in [0, 0.05) is 16.0 Å². The molecule has 0 amide bonds. The number of sulfonamides is 1. The summed E-state index contributed by atoms with van der Waals surface area (Å²) >= 11 is 15.1. The molecule has 0 heterocycles. The van der Waals surface area contributed by atoms with E-state index in [0.29, 0.717) is 26.8 Å². The lowest BCUT2D eigenvalue weighted by atomic mass is 10.3. The Morgan fingerprint density at radius 3 is 2.24 bits per heavy atom. The van der Waals surface area contributed by atoms with Crippen molar-refractivity contribution in [1.82, 2.24) is 0 Å². The van der Waals surface area contributed by atoms with Crippen LogP contribution in [0.2, 0.25) is 10.0 Å². The van der Waals surface area contributed by atoms with Crippen molar-refractivity contribution in [1.29, 1.82) is 0 Å². The van der Waals surface area contributed by atoms with Crippen LogP contribution >= 0.6 is 39.1 Å². The maximum atomic E-state index is 12.7. The smallest absolute Gasteiger partial charge is 0.264 e. The minimum atomic E-state index is -3.65. The van der Waals surface area contributed by atoms with Gasteiger partial charge in [-0.3, -0.25) is 4.31 Å². The van der Waals surface area contributed by atoms with Gasteiger partial charge in [-0.2, -0.15) is 0 Å². The predicted octanol–water partition coefficient (Wildman–Crippen LogP) is 4.97. The molecule has 0 bridgehead atoms. The highest BCUT2D eigenvalue weighted by Gasteiger charge is 2.23. The SMILES string of the molecule is CCN(c1ccc(Br)c(Cl)c1)S(=O)(=O)c1ccc(Cl)cc1. The van der Waals surface area contributed by atoms with Gasteiger partial charge in [0.25, 0.3) is 10.0 Å². The van der Waals surface area contributed by atoms with Crippen LogP contribution in [0.1, 0.15) is 6.92 Å². The van der Waals surface area contributed by atoms with Gasteiger partial charge in [0.1, 0.15) is 0 Å². The van der Waals surface area contributed by atoms with Crippen LogP contribution in [0.4, 0.5) is 5.69 Å². The Hall–Kier alpha value is -0.750. The Morgan fingerprint density at radius 1 is 1.10 bits per heavy atom. The lowest BCUT2D eigenvalue weighted by molar-refractivity contribution is 0.592. The zero-order valence-corrected chi connectivity index (χ0v) is 15.0. The van der Waals surface area contributed by atoms with E-state index < -0.39 is 10.0 Å². The highest BCUT2D eigenvalue weighted by Crippen LogP contribution is 2.30. The van der Waals surface area contributed by atoms with Gasteiger partial charge in [-0.25, -0.2) is 8.42 Å². The van der Waals surface area contributed by atoms with Crippen LogP contribution in [0.3, 0.4) is 0 Å². The van der Waals surface area contributed by atoms with Gasteiger partial charge in [0.2, 0.25) is 0 Å². The first-order valence-corrected chi connectivity index (χ1v) is 9.08. The van der Waals surface area contributed by atoms with Crippen LogP contribution in [-0.2, 0) is 10.0 Å². The lowest BCUT2D eigenvalue weighted by Gasteiger charge is -2.23. The van der Waals surface area contributed by atoms with E-state index in [0.717, 1.165) is 0 Å². The Morgan fingerprint density at radius 2 is 1.71 bits per heavy atom. The van der Waals surface area contributed by atoms with E-state index in [1.165, 1.54) is 16.4 Å². The molecule has 21 heavy (non-hydrogen) atoms. The van der Waals surface area contributed by atoms with E-state index in [1.54, 1.807) is 37.3 Å². The standard InChI is InChI=1S/C14H12BrCl2NO2S/c1-2-18(11-5-8-13(15)14(17)9-11)21(19,20)12-6-3-10(16)4-7-12/h3-9H,2H2,1H3.